The minimum Gasteiger partial charge on any atom is -0.408 e. The molecule has 1 aliphatic rings. The molecule has 8 nitrogen and oxygen atoms in total. The second kappa shape index (κ2) is 6.11. The Bertz CT molecular complexity index is 1130. The molecule has 1 aliphatic heterocycles. The fourth-order valence-electron chi connectivity index (χ4n) is 3.08. The number of piperazine rings is 1. The summed E-state index contributed by atoms with van der Waals surface area (Å²) in [7, 11) is -3.98. The fraction of sp³-hybridized carbons (Fsp3) is 0.176. The van der Waals surface area contributed by atoms with Gasteiger partial charge in [-0.1, -0.05) is 30.3 Å². The molecule has 4 rings (SSSR count). The number of nitrogens with zero attached hydrogens (tertiary/aromatic N) is 1. The van der Waals surface area contributed by atoms with Crippen molar-refractivity contribution in [1.29, 1.82) is 0 Å². The van der Waals surface area contributed by atoms with E-state index in [1.807, 2.05) is 0 Å². The number of aromatic nitrogens is 1. The summed E-state index contributed by atoms with van der Waals surface area (Å²) in [6, 6.07) is 11.9. The van der Waals surface area contributed by atoms with Crippen LogP contribution in [-0.2, 0) is 14.8 Å². The largest absolute Gasteiger partial charge is 0.417 e. The van der Waals surface area contributed by atoms with E-state index in [2.05, 4.69) is 10.3 Å². The van der Waals surface area contributed by atoms with Crippen LogP contribution in [0.25, 0.3) is 11.1 Å². The van der Waals surface area contributed by atoms with Gasteiger partial charge in [-0.3, -0.25) is 9.78 Å². The molecule has 0 radical (unpaired) electrons. The van der Waals surface area contributed by atoms with Crippen LogP contribution in [0.4, 0.5) is 0 Å². The number of oxazole rings is 1. The van der Waals surface area contributed by atoms with Crippen molar-refractivity contribution in [3.05, 3.63) is 64.6 Å². The predicted molar refractivity (Wildman–Crippen MR) is 92.9 cm³/mol. The molecule has 0 saturated carbocycles. The molecule has 2 N–H and O–H groups in total. The normalized spacial score (nSPS) is 18.8. The van der Waals surface area contributed by atoms with Crippen molar-refractivity contribution in [3.8, 4) is 0 Å². The number of aromatic amines is 1. The highest BCUT2D eigenvalue weighted by Gasteiger charge is 2.39. The highest BCUT2D eigenvalue weighted by molar-refractivity contribution is 7.89. The molecule has 1 saturated heterocycles. The van der Waals surface area contributed by atoms with E-state index in [1.54, 1.807) is 30.3 Å². The molecule has 1 unspecified atom stereocenters. The number of nitrogens with one attached hydrogen (secondary N) is 2. The number of carbonyl (C=O) groups excluding carboxylic acids is 1. The van der Waals surface area contributed by atoms with Gasteiger partial charge in [0, 0.05) is 19.2 Å². The Morgan fingerprint density at radius 3 is 2.62 bits per heavy atom. The van der Waals surface area contributed by atoms with Crippen molar-refractivity contribution >= 4 is 27.0 Å². The van der Waals surface area contributed by atoms with Gasteiger partial charge in [0.05, 0.1) is 10.4 Å². The topological polar surface area (TPSA) is 112 Å². The molecule has 1 amide bonds. The highest BCUT2D eigenvalue weighted by atomic mass is 32.2. The molecule has 0 bridgehead atoms. The van der Waals surface area contributed by atoms with Crippen molar-refractivity contribution in [2.24, 2.45) is 0 Å². The van der Waals surface area contributed by atoms with Gasteiger partial charge in [0.1, 0.15) is 6.04 Å². The molecule has 2 heterocycles. The van der Waals surface area contributed by atoms with Crippen molar-refractivity contribution in [3.63, 3.8) is 0 Å². The van der Waals surface area contributed by atoms with Crippen LogP contribution >= 0.6 is 0 Å². The lowest BCUT2D eigenvalue weighted by Crippen LogP contribution is -2.52. The first-order valence-electron chi connectivity index (χ1n) is 7.94. The summed E-state index contributed by atoms with van der Waals surface area (Å²) in [6.45, 7) is 0.367. The van der Waals surface area contributed by atoms with Gasteiger partial charge in [0.15, 0.2) is 5.58 Å². The molecule has 134 valence electrons. The smallest absolute Gasteiger partial charge is 0.408 e. The van der Waals surface area contributed by atoms with E-state index in [0.29, 0.717) is 11.1 Å². The van der Waals surface area contributed by atoms with E-state index >= 15 is 0 Å². The lowest BCUT2D eigenvalue weighted by molar-refractivity contribution is -0.126. The lowest BCUT2D eigenvalue weighted by atomic mass is 10.1. The first-order chi connectivity index (χ1) is 12.5. The molecular weight excluding hydrogens is 358 g/mol. The minimum absolute atomic E-state index is 0.0385. The standard InChI is InChI=1S/C17H15N3O5S/c21-16-15(11-4-2-1-3-5-11)20(9-8-18-16)26(23,24)12-6-7-13-14(10-12)25-17(22)19-13/h1-7,10,15H,8-9H2,(H,18,21)(H,19,22). The summed E-state index contributed by atoms with van der Waals surface area (Å²) in [6.07, 6.45) is 0. The fourth-order valence-corrected chi connectivity index (χ4v) is 4.67. The second-order valence-corrected chi connectivity index (χ2v) is 7.78. The zero-order valence-corrected chi connectivity index (χ0v) is 14.3. The minimum atomic E-state index is -3.98. The zero-order chi connectivity index (χ0) is 18.3. The van der Waals surface area contributed by atoms with E-state index in [-0.39, 0.29) is 29.5 Å². The van der Waals surface area contributed by atoms with Gasteiger partial charge in [-0.15, -0.1) is 0 Å². The van der Waals surface area contributed by atoms with Gasteiger partial charge in [-0.05, 0) is 17.7 Å². The van der Waals surface area contributed by atoms with Crippen molar-refractivity contribution in [2.45, 2.75) is 10.9 Å². The maximum Gasteiger partial charge on any atom is 0.417 e. The van der Waals surface area contributed by atoms with Gasteiger partial charge in [0.25, 0.3) is 0 Å². The maximum atomic E-state index is 13.2. The van der Waals surface area contributed by atoms with Gasteiger partial charge in [0.2, 0.25) is 15.9 Å². The molecule has 2 aromatic carbocycles. The second-order valence-electron chi connectivity index (χ2n) is 5.89. The van der Waals surface area contributed by atoms with E-state index in [1.165, 1.54) is 22.5 Å². The zero-order valence-electron chi connectivity index (χ0n) is 13.5. The number of H-pyrrole nitrogens is 1. The SMILES string of the molecule is O=C1NCCN(S(=O)(=O)c2ccc3[nH]c(=O)oc3c2)C1c1ccccc1. The molecule has 1 atom stereocenters. The molecule has 1 fully saturated rings. The summed E-state index contributed by atoms with van der Waals surface area (Å²) in [4.78, 5) is 26.1. The predicted octanol–water partition coefficient (Wildman–Crippen LogP) is 0.983. The van der Waals surface area contributed by atoms with Gasteiger partial charge in [-0.2, -0.15) is 4.31 Å². The number of sulfonamides is 1. The monoisotopic (exact) mass is 373 g/mol. The number of hydrogen-bond donors (Lipinski definition) is 2. The quantitative estimate of drug-likeness (QED) is 0.711. The first kappa shape index (κ1) is 16.6. The van der Waals surface area contributed by atoms with E-state index in [0.717, 1.165) is 0 Å². The van der Waals surface area contributed by atoms with Crippen molar-refractivity contribution in [1.82, 2.24) is 14.6 Å². The highest BCUT2D eigenvalue weighted by Crippen LogP contribution is 2.30. The third-order valence-corrected chi connectivity index (χ3v) is 6.14. The molecule has 3 aromatic rings. The number of rotatable bonds is 3. The van der Waals surface area contributed by atoms with Crippen LogP contribution in [0.2, 0.25) is 0 Å². The molecule has 0 aliphatic carbocycles. The molecule has 26 heavy (non-hydrogen) atoms. The Morgan fingerprint density at radius 2 is 1.85 bits per heavy atom. The summed E-state index contributed by atoms with van der Waals surface area (Å²) in [5.74, 6) is -1.03. The Morgan fingerprint density at radius 1 is 1.08 bits per heavy atom. The van der Waals surface area contributed by atoms with Gasteiger partial charge >= 0.3 is 5.76 Å². The number of benzene rings is 2. The van der Waals surface area contributed by atoms with Crippen molar-refractivity contribution in [2.75, 3.05) is 13.1 Å². The molecule has 1 aromatic heterocycles. The molecule has 9 heteroatoms. The Kier molecular flexibility index (Phi) is 3.89. The summed E-state index contributed by atoms with van der Waals surface area (Å²) < 4.78 is 32.5. The summed E-state index contributed by atoms with van der Waals surface area (Å²) >= 11 is 0. The Labute approximate surface area is 148 Å². The first-order valence-corrected chi connectivity index (χ1v) is 9.38. The average Bonchev–Trinajstić information content (AvgIpc) is 3.01. The number of carbonyl (C=O) groups is 1. The van der Waals surface area contributed by atoms with Crippen LogP contribution in [0, 0.1) is 0 Å². The lowest BCUT2D eigenvalue weighted by Gasteiger charge is -2.34. The number of amides is 1. The Hall–Kier alpha value is -2.91. The third-order valence-electron chi connectivity index (χ3n) is 4.28. The Balaban J connectivity index is 1.81. The number of fused-ring (bicyclic) bond motifs is 1. The van der Waals surface area contributed by atoms with Gasteiger partial charge < -0.3 is 9.73 Å². The van der Waals surface area contributed by atoms with Crippen LogP contribution in [0.3, 0.4) is 0 Å². The van der Waals surface area contributed by atoms with Gasteiger partial charge in [-0.25, -0.2) is 13.2 Å². The average molecular weight is 373 g/mol. The maximum absolute atomic E-state index is 13.2. The third kappa shape index (κ3) is 2.71. The van der Waals surface area contributed by atoms with Crippen LogP contribution in [0.15, 0.2) is 62.6 Å². The van der Waals surface area contributed by atoms with Crippen molar-refractivity contribution < 1.29 is 17.6 Å². The number of hydrogen-bond acceptors (Lipinski definition) is 5. The van der Waals surface area contributed by atoms with Crippen LogP contribution in [0.5, 0.6) is 0 Å². The molecule has 0 spiro atoms. The van der Waals surface area contributed by atoms with Crippen LogP contribution in [0.1, 0.15) is 11.6 Å². The van der Waals surface area contributed by atoms with E-state index < -0.39 is 21.8 Å². The molecular formula is C17H15N3O5S. The van der Waals surface area contributed by atoms with E-state index in [4.69, 9.17) is 4.42 Å². The summed E-state index contributed by atoms with van der Waals surface area (Å²) in [5, 5.41) is 2.71. The van der Waals surface area contributed by atoms with Crippen LogP contribution in [-0.4, -0.2) is 36.7 Å². The summed E-state index contributed by atoms with van der Waals surface area (Å²) in [5.41, 5.74) is 1.14. The van der Waals surface area contributed by atoms with Crippen LogP contribution < -0.4 is 11.1 Å². The van der Waals surface area contributed by atoms with E-state index in [9.17, 15) is 18.0 Å².